The third-order valence-electron chi connectivity index (χ3n) is 3.86. The Morgan fingerprint density at radius 3 is 2.21 bits per heavy atom. The summed E-state index contributed by atoms with van der Waals surface area (Å²) >= 11 is 0. The lowest BCUT2D eigenvalue weighted by Crippen LogP contribution is -2.37. The van der Waals surface area contributed by atoms with Crippen molar-refractivity contribution in [1.29, 1.82) is 0 Å². The number of unbranched alkanes of at least 4 members (excludes halogenated alkanes) is 3. The number of phosphoric ester groups is 1. The molecule has 0 aliphatic heterocycles. The van der Waals surface area contributed by atoms with Gasteiger partial charge in [0.2, 0.25) is 0 Å². The van der Waals surface area contributed by atoms with Gasteiger partial charge in [0, 0.05) is 12.8 Å². The zero-order valence-corrected chi connectivity index (χ0v) is 19.4. The van der Waals surface area contributed by atoms with Gasteiger partial charge in [0.15, 0.2) is 6.10 Å². The number of hydrogen-bond donors (Lipinski definition) is 1. The van der Waals surface area contributed by atoms with Crippen molar-refractivity contribution in [1.82, 2.24) is 0 Å². The number of carbonyl (C=O) groups excluding carboxylic acids is 2. The van der Waals surface area contributed by atoms with Crippen LogP contribution in [0.2, 0.25) is 0 Å². The molecule has 0 aliphatic rings. The first-order valence-electron chi connectivity index (χ1n) is 10.3. The van der Waals surface area contributed by atoms with Gasteiger partial charge in [-0.3, -0.25) is 18.6 Å². The Hall–Kier alpha value is -0.990. The fourth-order valence-electron chi connectivity index (χ4n) is 2.16. The minimum atomic E-state index is -4.31. The molecule has 172 valence electrons. The summed E-state index contributed by atoms with van der Waals surface area (Å²) in [5.74, 6) is -0.886. The van der Waals surface area contributed by atoms with Crippen LogP contribution in [-0.2, 0) is 32.7 Å². The molecular formula is C19H39NO8P+. The van der Waals surface area contributed by atoms with Gasteiger partial charge in [-0.15, -0.1) is 0 Å². The highest BCUT2D eigenvalue weighted by atomic mass is 31.2. The van der Waals surface area contributed by atoms with Crippen molar-refractivity contribution < 1.29 is 42.1 Å². The van der Waals surface area contributed by atoms with Gasteiger partial charge in [0.1, 0.15) is 19.8 Å². The van der Waals surface area contributed by atoms with Crippen LogP contribution in [-0.4, -0.2) is 74.9 Å². The number of phosphoric acid groups is 1. The van der Waals surface area contributed by atoms with Crippen molar-refractivity contribution in [2.45, 2.75) is 64.9 Å². The van der Waals surface area contributed by atoms with E-state index in [4.69, 9.17) is 18.5 Å². The molecule has 1 N–H and O–H groups in total. The van der Waals surface area contributed by atoms with Crippen molar-refractivity contribution in [2.24, 2.45) is 0 Å². The fraction of sp³-hybridized carbons (Fsp3) is 0.895. The SMILES string of the molecule is CCCCCCC(=O)O[C@@H](COC(=O)CCC)COP(=O)(O)OCC[N+](C)(C)C. The second-order valence-corrected chi connectivity index (χ2v) is 9.42. The molecule has 1 unspecified atom stereocenters. The molecule has 0 aromatic heterocycles. The molecule has 0 radical (unpaired) electrons. The second kappa shape index (κ2) is 14.9. The lowest BCUT2D eigenvalue weighted by atomic mass is 10.1. The number of nitrogens with zero attached hydrogens (tertiary/aromatic N) is 1. The topological polar surface area (TPSA) is 108 Å². The largest absolute Gasteiger partial charge is 0.472 e. The quantitative estimate of drug-likeness (QED) is 0.159. The van der Waals surface area contributed by atoms with Gasteiger partial charge in [0.05, 0.1) is 27.7 Å². The smallest absolute Gasteiger partial charge is 0.462 e. The molecule has 0 spiro atoms. The number of hydrogen-bond acceptors (Lipinski definition) is 7. The fourth-order valence-corrected chi connectivity index (χ4v) is 2.91. The van der Waals surface area contributed by atoms with Gasteiger partial charge >= 0.3 is 19.8 Å². The first-order chi connectivity index (χ1) is 13.5. The zero-order valence-electron chi connectivity index (χ0n) is 18.6. The van der Waals surface area contributed by atoms with Gasteiger partial charge in [-0.1, -0.05) is 33.1 Å². The highest BCUT2D eigenvalue weighted by Gasteiger charge is 2.26. The summed E-state index contributed by atoms with van der Waals surface area (Å²) in [5.41, 5.74) is 0. The lowest BCUT2D eigenvalue weighted by molar-refractivity contribution is -0.870. The molecule has 0 bridgehead atoms. The van der Waals surface area contributed by atoms with Crippen LogP contribution in [0.3, 0.4) is 0 Å². The van der Waals surface area contributed by atoms with Crippen LogP contribution in [0.5, 0.6) is 0 Å². The molecule has 0 saturated carbocycles. The number of rotatable bonds is 17. The number of quaternary nitrogens is 1. The van der Waals surface area contributed by atoms with Crippen LogP contribution < -0.4 is 0 Å². The summed E-state index contributed by atoms with van der Waals surface area (Å²) in [6.07, 6.45) is 3.83. The van der Waals surface area contributed by atoms with Crippen LogP contribution in [0.4, 0.5) is 0 Å². The molecule has 0 saturated heterocycles. The van der Waals surface area contributed by atoms with Gasteiger partial charge in [-0.25, -0.2) is 4.57 Å². The van der Waals surface area contributed by atoms with Gasteiger partial charge in [0.25, 0.3) is 0 Å². The van der Waals surface area contributed by atoms with E-state index < -0.39 is 32.5 Å². The molecule has 29 heavy (non-hydrogen) atoms. The Balaban J connectivity index is 4.60. The maximum Gasteiger partial charge on any atom is 0.472 e. The van der Waals surface area contributed by atoms with E-state index in [9.17, 15) is 19.0 Å². The van der Waals surface area contributed by atoms with E-state index in [0.29, 0.717) is 23.9 Å². The lowest BCUT2D eigenvalue weighted by Gasteiger charge is -2.24. The Morgan fingerprint density at radius 2 is 1.62 bits per heavy atom. The number of esters is 2. The van der Waals surface area contributed by atoms with E-state index in [0.717, 1.165) is 19.3 Å². The first-order valence-corrected chi connectivity index (χ1v) is 11.8. The van der Waals surface area contributed by atoms with Crippen LogP contribution in [0.25, 0.3) is 0 Å². The predicted octanol–water partition coefficient (Wildman–Crippen LogP) is 3.05. The third-order valence-corrected chi connectivity index (χ3v) is 4.84. The van der Waals surface area contributed by atoms with Crippen LogP contribution in [0.15, 0.2) is 0 Å². The van der Waals surface area contributed by atoms with E-state index in [-0.39, 0.29) is 26.1 Å². The Bertz CT molecular complexity index is 521. The normalized spacial score (nSPS) is 14.8. The zero-order chi connectivity index (χ0) is 22.3. The summed E-state index contributed by atoms with van der Waals surface area (Å²) in [4.78, 5) is 33.4. The van der Waals surface area contributed by atoms with Gasteiger partial charge < -0.3 is 18.9 Å². The summed E-state index contributed by atoms with van der Waals surface area (Å²) in [5, 5.41) is 0. The molecule has 0 aromatic rings. The number of ether oxygens (including phenoxy) is 2. The Kier molecular flexibility index (Phi) is 14.4. The maximum absolute atomic E-state index is 12.0. The summed E-state index contributed by atoms with van der Waals surface area (Å²) in [6, 6.07) is 0. The Labute approximate surface area is 174 Å². The molecular weight excluding hydrogens is 401 g/mol. The minimum Gasteiger partial charge on any atom is -0.462 e. The molecule has 0 aliphatic carbocycles. The molecule has 10 heteroatoms. The van der Waals surface area contributed by atoms with Gasteiger partial charge in [-0.05, 0) is 12.8 Å². The van der Waals surface area contributed by atoms with Crippen molar-refractivity contribution in [3.8, 4) is 0 Å². The van der Waals surface area contributed by atoms with E-state index in [1.165, 1.54) is 0 Å². The van der Waals surface area contributed by atoms with Crippen LogP contribution in [0.1, 0.15) is 58.8 Å². The van der Waals surface area contributed by atoms with E-state index in [1.54, 1.807) is 0 Å². The average molecular weight is 440 g/mol. The third kappa shape index (κ3) is 17.6. The molecule has 0 rings (SSSR count). The summed E-state index contributed by atoms with van der Waals surface area (Å²) in [7, 11) is 1.46. The molecule has 0 fully saturated rings. The van der Waals surface area contributed by atoms with Gasteiger partial charge in [-0.2, -0.15) is 0 Å². The van der Waals surface area contributed by atoms with E-state index in [2.05, 4.69) is 6.92 Å². The second-order valence-electron chi connectivity index (χ2n) is 7.97. The highest BCUT2D eigenvalue weighted by Crippen LogP contribution is 2.43. The molecule has 2 atom stereocenters. The Morgan fingerprint density at radius 1 is 0.931 bits per heavy atom. The molecule has 9 nitrogen and oxygen atoms in total. The van der Waals surface area contributed by atoms with E-state index in [1.807, 2.05) is 28.1 Å². The van der Waals surface area contributed by atoms with E-state index >= 15 is 0 Å². The van der Waals surface area contributed by atoms with Crippen LogP contribution >= 0.6 is 7.82 Å². The molecule has 0 amide bonds. The minimum absolute atomic E-state index is 0.0324. The van der Waals surface area contributed by atoms with Crippen molar-refractivity contribution in [3.63, 3.8) is 0 Å². The van der Waals surface area contributed by atoms with Crippen molar-refractivity contribution in [2.75, 3.05) is 47.5 Å². The predicted molar refractivity (Wildman–Crippen MR) is 109 cm³/mol. The number of likely N-dealkylation sites (N-methyl/N-ethyl adjacent to an activating group) is 1. The number of carbonyl (C=O) groups is 2. The highest BCUT2D eigenvalue weighted by molar-refractivity contribution is 7.47. The summed E-state index contributed by atoms with van der Waals surface area (Å²) < 4.78 is 32.8. The monoisotopic (exact) mass is 440 g/mol. The average Bonchev–Trinajstić information content (AvgIpc) is 2.60. The molecule has 0 aromatic carbocycles. The summed E-state index contributed by atoms with van der Waals surface area (Å²) in [6.45, 7) is 3.82. The van der Waals surface area contributed by atoms with Crippen LogP contribution in [0, 0.1) is 0 Å². The standard InChI is InChI=1S/C19H38NO8P/c1-6-8-9-10-12-19(22)28-17(15-25-18(21)11-7-2)16-27-29(23,24)26-14-13-20(3,4)5/h17H,6-16H2,1-5H3/p+1/t17-/m0/s1. The first kappa shape index (κ1) is 28.0. The maximum atomic E-state index is 12.0. The van der Waals surface area contributed by atoms with Crippen molar-refractivity contribution >= 4 is 19.8 Å². The molecule has 0 heterocycles. The van der Waals surface area contributed by atoms with Crippen molar-refractivity contribution in [3.05, 3.63) is 0 Å².